The average Bonchev–Trinajstić information content (AvgIpc) is 2.11. The van der Waals surface area contributed by atoms with Crippen molar-refractivity contribution < 1.29 is 13.3 Å². The van der Waals surface area contributed by atoms with Crippen molar-refractivity contribution >= 4 is 21.7 Å². The van der Waals surface area contributed by atoms with Gasteiger partial charge in [-0.25, -0.2) is 4.39 Å². The van der Waals surface area contributed by atoms with Crippen molar-refractivity contribution in [3.05, 3.63) is 34.0 Å². The van der Waals surface area contributed by atoms with Gasteiger partial charge in [-0.1, -0.05) is 15.9 Å². The fourth-order valence-corrected chi connectivity index (χ4v) is 1.09. The van der Waals surface area contributed by atoms with Crippen LogP contribution in [0.25, 0.3) is 0 Å². The zero-order chi connectivity index (χ0) is 11.0. The summed E-state index contributed by atoms with van der Waals surface area (Å²) in [6, 6.07) is -1.72. The molecule has 0 amide bonds. The highest BCUT2D eigenvalue weighted by Gasteiger charge is 2.04. The summed E-state index contributed by atoms with van der Waals surface area (Å²) in [7, 11) is 0. The molecule has 3 heteroatoms. The van der Waals surface area contributed by atoms with Gasteiger partial charge in [0.05, 0.1) is 4.11 Å². The Morgan fingerprint density at radius 2 is 2.36 bits per heavy atom. The summed E-state index contributed by atoms with van der Waals surface area (Å²) < 4.78 is 34.8. The maximum atomic E-state index is 13.1. The molecule has 1 rings (SSSR count). The molecule has 0 aromatic heterocycles. The van der Waals surface area contributed by atoms with Gasteiger partial charge in [0.2, 0.25) is 0 Å². The highest BCUT2D eigenvalue weighted by Crippen LogP contribution is 2.17. The monoisotopic (exact) mass is 221 g/mol. The molecule has 0 aliphatic carbocycles. The summed E-state index contributed by atoms with van der Waals surface area (Å²) in [4.78, 5) is 11.0. The van der Waals surface area contributed by atoms with E-state index in [4.69, 9.17) is 4.11 Å². The molecule has 0 radical (unpaired) electrons. The van der Waals surface area contributed by atoms with E-state index >= 15 is 0 Å². The van der Waals surface area contributed by atoms with Crippen molar-refractivity contribution in [2.75, 3.05) is 0 Å². The minimum Gasteiger partial charge on any atom is -0.294 e. The zero-order valence-corrected chi connectivity index (χ0v) is 7.25. The molecule has 1 nitrogen and oxygen atoms in total. The van der Waals surface area contributed by atoms with Crippen LogP contribution in [0.4, 0.5) is 4.39 Å². The fourth-order valence-electron chi connectivity index (χ4n) is 0.611. The lowest BCUT2D eigenvalue weighted by molar-refractivity contribution is 0.101. The van der Waals surface area contributed by atoms with Gasteiger partial charge < -0.3 is 0 Å². The summed E-state index contributed by atoms with van der Waals surface area (Å²) in [6.07, 6.45) is 0. The molecule has 0 atom stereocenters. The first kappa shape index (κ1) is 5.04. The third-order valence-electron chi connectivity index (χ3n) is 1.09. The molecule has 58 valence electrons. The third kappa shape index (κ3) is 1.87. The quantitative estimate of drug-likeness (QED) is 0.527. The number of carbonyl (C=O) groups is 1. The number of hydrogen-bond acceptors (Lipinski definition) is 1. The number of halogens is 2. The standard InChI is InChI=1S/C8H6BrFO/c1-5(11)7-4-6(10)2-3-8(7)9/h2-4H,1H3/i1+1,2D,3D,4D,5+1. The molecule has 0 N–H and O–H groups in total. The topological polar surface area (TPSA) is 17.1 Å². The highest BCUT2D eigenvalue weighted by atomic mass is 79.9. The van der Waals surface area contributed by atoms with Crippen LogP contribution >= 0.6 is 15.9 Å². The summed E-state index contributed by atoms with van der Waals surface area (Å²) in [5.41, 5.74) is -0.191. The number of ketones is 1. The number of rotatable bonds is 1. The van der Waals surface area contributed by atoms with Gasteiger partial charge in [-0.3, -0.25) is 4.79 Å². The maximum absolute atomic E-state index is 13.1. The lowest BCUT2D eigenvalue weighted by Crippen LogP contribution is -1.93. The summed E-state index contributed by atoms with van der Waals surface area (Å²) in [5.74, 6) is -1.64. The second-order valence-electron chi connectivity index (χ2n) is 1.93. The summed E-state index contributed by atoms with van der Waals surface area (Å²) in [5, 5.41) is 0. The highest BCUT2D eigenvalue weighted by molar-refractivity contribution is 9.10. The van der Waals surface area contributed by atoms with Gasteiger partial charge in [-0.05, 0) is 25.1 Å². The van der Waals surface area contributed by atoms with E-state index in [9.17, 15) is 9.18 Å². The van der Waals surface area contributed by atoms with Crippen LogP contribution in [0.5, 0.6) is 0 Å². The predicted octanol–water partition coefficient (Wildman–Crippen LogP) is 2.79. The Hall–Kier alpha value is -0.700. The van der Waals surface area contributed by atoms with Crippen molar-refractivity contribution in [2.45, 2.75) is 6.92 Å². The van der Waals surface area contributed by atoms with E-state index in [-0.39, 0.29) is 10.0 Å². The van der Waals surface area contributed by atoms with Gasteiger partial charge in [-0.15, -0.1) is 0 Å². The van der Waals surface area contributed by atoms with Crippen LogP contribution in [0.1, 0.15) is 21.4 Å². The first-order valence-corrected chi connectivity index (χ1v) is 3.63. The molecule has 0 heterocycles. The minimum atomic E-state index is -1.14. The van der Waals surface area contributed by atoms with Gasteiger partial charge in [0.15, 0.2) is 5.78 Å². The smallest absolute Gasteiger partial charge is 0.161 e. The van der Waals surface area contributed by atoms with E-state index in [1.54, 1.807) is 0 Å². The molecule has 1 aromatic carbocycles. The van der Waals surface area contributed by atoms with E-state index in [0.717, 1.165) is 0 Å². The van der Waals surface area contributed by atoms with Crippen LogP contribution < -0.4 is 0 Å². The van der Waals surface area contributed by atoms with Crippen molar-refractivity contribution in [2.24, 2.45) is 0 Å². The molecular formula is C8H6BrFO. The summed E-state index contributed by atoms with van der Waals surface area (Å²) in [6.45, 7) is 1.18. The second-order valence-corrected chi connectivity index (χ2v) is 2.73. The van der Waals surface area contributed by atoms with E-state index in [0.29, 0.717) is 0 Å². The van der Waals surface area contributed by atoms with Crippen LogP contribution in [0.3, 0.4) is 0 Å². The predicted molar refractivity (Wildman–Crippen MR) is 44.1 cm³/mol. The molecule has 0 saturated heterocycles. The normalized spacial score (nSPS) is 13.5. The van der Waals surface area contributed by atoms with Crippen LogP contribution in [-0.4, -0.2) is 5.78 Å². The number of benzene rings is 1. The van der Waals surface area contributed by atoms with E-state index < -0.39 is 29.7 Å². The average molecular weight is 222 g/mol. The molecule has 0 bridgehead atoms. The van der Waals surface area contributed by atoms with Crippen LogP contribution in [0, 0.1) is 5.82 Å². The van der Waals surface area contributed by atoms with E-state index in [1.807, 2.05) is 0 Å². The number of Topliss-reactive ketones (excluding diaryl/α,β-unsaturated/α-hetero) is 1. The van der Waals surface area contributed by atoms with Crippen molar-refractivity contribution in [3.8, 4) is 0 Å². The lowest BCUT2D eigenvalue weighted by Gasteiger charge is -1.98. The number of hydrogen-bond donors (Lipinski definition) is 0. The van der Waals surface area contributed by atoms with Crippen molar-refractivity contribution in [3.63, 3.8) is 0 Å². The van der Waals surface area contributed by atoms with Gasteiger partial charge >= 0.3 is 0 Å². The van der Waals surface area contributed by atoms with E-state index in [2.05, 4.69) is 15.9 Å². The maximum Gasteiger partial charge on any atom is 0.161 e. The molecule has 11 heavy (non-hydrogen) atoms. The molecule has 0 unspecified atom stereocenters. The molecule has 0 aliphatic rings. The Balaban J connectivity index is 3.68. The Morgan fingerprint density at radius 3 is 2.91 bits per heavy atom. The first-order valence-electron chi connectivity index (χ1n) is 4.33. The molecule has 0 saturated carbocycles. The van der Waals surface area contributed by atoms with Crippen molar-refractivity contribution in [1.29, 1.82) is 0 Å². The largest absolute Gasteiger partial charge is 0.294 e. The molecule has 0 fully saturated rings. The molecular weight excluding hydrogens is 213 g/mol. The van der Waals surface area contributed by atoms with E-state index in [1.165, 1.54) is 6.92 Å². The minimum absolute atomic E-state index is 0.00130. The van der Waals surface area contributed by atoms with Gasteiger partial charge in [-0.2, -0.15) is 0 Å². The zero-order valence-electron chi connectivity index (χ0n) is 8.66. The Morgan fingerprint density at radius 1 is 1.73 bits per heavy atom. The van der Waals surface area contributed by atoms with Gasteiger partial charge in [0.25, 0.3) is 0 Å². The van der Waals surface area contributed by atoms with Crippen molar-refractivity contribution in [1.82, 2.24) is 0 Å². The molecule has 1 aromatic rings. The molecule has 0 aliphatic heterocycles. The Kier molecular flexibility index (Phi) is 1.43. The fraction of sp³-hybridized carbons (Fsp3) is 0.125. The Labute approximate surface area is 76.6 Å². The van der Waals surface area contributed by atoms with Gasteiger partial charge in [0, 0.05) is 10.0 Å². The van der Waals surface area contributed by atoms with Crippen LogP contribution in [-0.2, 0) is 0 Å². The second kappa shape index (κ2) is 3.13. The van der Waals surface area contributed by atoms with Gasteiger partial charge in [0.1, 0.15) is 5.82 Å². The first-order chi connectivity index (χ1) is 6.37. The van der Waals surface area contributed by atoms with Crippen LogP contribution in [0.2, 0.25) is 0 Å². The molecule has 0 spiro atoms. The lowest BCUT2D eigenvalue weighted by atomic mass is 10.3. The number of carbonyl (C=O) groups excluding carboxylic acids is 1. The summed E-state index contributed by atoms with van der Waals surface area (Å²) >= 11 is 2.90. The third-order valence-corrected chi connectivity index (χ3v) is 1.68. The van der Waals surface area contributed by atoms with Crippen LogP contribution in [0.15, 0.2) is 22.6 Å². The Bertz CT molecular complexity index is 391. The SMILES string of the molecule is [2H]c1c([2H])c(Br)c([13C]([13CH3])=O)c([2H])c1F.